The van der Waals surface area contributed by atoms with Gasteiger partial charge in [-0.2, -0.15) is 9.40 Å². The van der Waals surface area contributed by atoms with Gasteiger partial charge >= 0.3 is 0 Å². The Labute approximate surface area is 179 Å². The van der Waals surface area contributed by atoms with Crippen molar-refractivity contribution >= 4 is 37.4 Å². The number of hydrogen-bond acceptors (Lipinski definition) is 6. The van der Waals surface area contributed by atoms with Crippen LogP contribution in [-0.4, -0.2) is 54.1 Å². The average molecular weight is 449 g/mol. The maximum Gasteiger partial charge on any atom is 0.261 e. The number of carbonyl (C=O) groups is 1. The van der Waals surface area contributed by atoms with E-state index in [4.69, 9.17) is 4.74 Å². The van der Waals surface area contributed by atoms with Crippen LogP contribution in [0.1, 0.15) is 35.2 Å². The van der Waals surface area contributed by atoms with Crippen molar-refractivity contribution in [1.29, 1.82) is 0 Å². The molecule has 3 aromatic rings. The summed E-state index contributed by atoms with van der Waals surface area (Å²) < 4.78 is 36.0. The molecule has 0 aliphatic carbocycles. The van der Waals surface area contributed by atoms with E-state index >= 15 is 0 Å². The predicted octanol–water partition coefficient (Wildman–Crippen LogP) is 2.54. The summed E-state index contributed by atoms with van der Waals surface area (Å²) >= 11 is 1.40. The van der Waals surface area contributed by atoms with E-state index in [0.29, 0.717) is 4.88 Å². The van der Waals surface area contributed by atoms with Crippen molar-refractivity contribution in [2.75, 3.05) is 19.7 Å². The Bertz CT molecular complexity index is 1180. The molecule has 1 aromatic carbocycles. The van der Waals surface area contributed by atoms with E-state index < -0.39 is 16.1 Å². The lowest BCUT2D eigenvalue weighted by Gasteiger charge is -2.32. The average Bonchev–Trinajstić information content (AvgIpc) is 3.32. The van der Waals surface area contributed by atoms with Crippen LogP contribution in [0, 0.1) is 0 Å². The number of aryl methyl sites for hydroxylation is 1. The van der Waals surface area contributed by atoms with Gasteiger partial charge in [-0.05, 0) is 25.3 Å². The summed E-state index contributed by atoms with van der Waals surface area (Å²) in [5.41, 5.74) is 0.750. The topological polar surface area (TPSA) is 93.5 Å². The van der Waals surface area contributed by atoms with Crippen LogP contribution in [0.2, 0.25) is 0 Å². The fourth-order valence-corrected chi connectivity index (χ4v) is 6.15. The number of morpholine rings is 1. The molecule has 1 aliphatic heterocycles. The van der Waals surface area contributed by atoms with E-state index in [-0.39, 0.29) is 36.5 Å². The molecule has 1 fully saturated rings. The van der Waals surface area contributed by atoms with Crippen LogP contribution < -0.4 is 5.32 Å². The van der Waals surface area contributed by atoms with Gasteiger partial charge in [-0.3, -0.25) is 9.48 Å². The van der Waals surface area contributed by atoms with Gasteiger partial charge in [-0.1, -0.05) is 18.2 Å². The molecule has 2 aromatic heterocycles. The Morgan fingerprint density at radius 3 is 2.80 bits per heavy atom. The van der Waals surface area contributed by atoms with Crippen LogP contribution in [0.15, 0.2) is 41.6 Å². The number of sulfonamides is 1. The lowest BCUT2D eigenvalue weighted by Crippen LogP contribution is -2.42. The van der Waals surface area contributed by atoms with E-state index in [1.807, 2.05) is 38.1 Å². The van der Waals surface area contributed by atoms with Crippen LogP contribution in [-0.2, 0) is 21.8 Å². The Morgan fingerprint density at radius 1 is 1.33 bits per heavy atom. The first-order valence-electron chi connectivity index (χ1n) is 9.70. The number of ether oxygens (including phenoxy) is 1. The maximum absolute atomic E-state index is 13.1. The highest BCUT2D eigenvalue weighted by Crippen LogP contribution is 2.39. The number of carbonyl (C=O) groups excluding carboxylic acids is 1. The molecular weight excluding hydrogens is 424 g/mol. The molecule has 1 aliphatic rings. The van der Waals surface area contributed by atoms with Gasteiger partial charge < -0.3 is 10.1 Å². The Hall–Kier alpha value is -2.27. The number of rotatable bonds is 5. The Morgan fingerprint density at radius 2 is 2.10 bits per heavy atom. The summed E-state index contributed by atoms with van der Waals surface area (Å²) in [6, 6.07) is 7.74. The van der Waals surface area contributed by atoms with E-state index in [1.54, 1.807) is 7.05 Å². The molecule has 3 heterocycles. The molecule has 1 saturated heterocycles. The highest BCUT2D eigenvalue weighted by Gasteiger charge is 2.35. The third-order valence-corrected chi connectivity index (χ3v) is 7.93. The molecular formula is C20H24N4O4S2. The van der Waals surface area contributed by atoms with Gasteiger partial charge in [0.15, 0.2) is 0 Å². The van der Waals surface area contributed by atoms with Gasteiger partial charge in [0.25, 0.3) is 5.91 Å². The molecule has 1 amide bonds. The zero-order valence-corrected chi connectivity index (χ0v) is 18.7. The first kappa shape index (κ1) is 21.0. The van der Waals surface area contributed by atoms with Crippen molar-refractivity contribution in [3.63, 3.8) is 0 Å². The second kappa shape index (κ2) is 8.10. The summed E-state index contributed by atoms with van der Waals surface area (Å²) in [4.78, 5) is 13.6. The molecule has 0 radical (unpaired) electrons. The SMILES string of the molecule is CC(C)NC(=O)c1sc2ccccc2c1C1CN(S(=O)(=O)c2cnn(C)c2)CCO1. The summed E-state index contributed by atoms with van der Waals surface area (Å²) in [6.45, 7) is 4.46. The lowest BCUT2D eigenvalue weighted by molar-refractivity contribution is -0.00193. The molecule has 8 nitrogen and oxygen atoms in total. The van der Waals surface area contributed by atoms with Crippen molar-refractivity contribution in [3.8, 4) is 0 Å². The number of nitrogens with zero attached hydrogens (tertiary/aromatic N) is 3. The van der Waals surface area contributed by atoms with Gasteiger partial charge in [-0.25, -0.2) is 8.42 Å². The summed E-state index contributed by atoms with van der Waals surface area (Å²) in [6.07, 6.45) is 2.30. The quantitative estimate of drug-likeness (QED) is 0.647. The van der Waals surface area contributed by atoms with E-state index in [0.717, 1.165) is 15.6 Å². The van der Waals surface area contributed by atoms with E-state index in [9.17, 15) is 13.2 Å². The van der Waals surface area contributed by atoms with Crippen molar-refractivity contribution in [1.82, 2.24) is 19.4 Å². The normalized spacial score (nSPS) is 18.2. The van der Waals surface area contributed by atoms with Crippen LogP contribution in [0.25, 0.3) is 10.1 Å². The van der Waals surface area contributed by atoms with Gasteiger partial charge in [0.05, 0.1) is 23.8 Å². The van der Waals surface area contributed by atoms with Gasteiger partial charge in [0.1, 0.15) is 4.90 Å². The molecule has 30 heavy (non-hydrogen) atoms. The number of amides is 1. The first-order valence-corrected chi connectivity index (χ1v) is 12.0. The van der Waals surface area contributed by atoms with Crippen molar-refractivity contribution < 1.29 is 17.9 Å². The molecule has 0 saturated carbocycles. The molecule has 10 heteroatoms. The lowest BCUT2D eigenvalue weighted by atomic mass is 10.0. The van der Waals surface area contributed by atoms with E-state index in [1.165, 1.54) is 32.7 Å². The molecule has 1 N–H and O–H groups in total. The molecule has 0 spiro atoms. The zero-order valence-electron chi connectivity index (χ0n) is 17.0. The summed E-state index contributed by atoms with van der Waals surface area (Å²) in [5, 5.41) is 7.84. The minimum atomic E-state index is -3.70. The Balaban J connectivity index is 1.72. The van der Waals surface area contributed by atoms with Crippen LogP contribution in [0.5, 0.6) is 0 Å². The van der Waals surface area contributed by atoms with Gasteiger partial charge in [0.2, 0.25) is 10.0 Å². The van der Waals surface area contributed by atoms with Crippen molar-refractivity contribution in [3.05, 3.63) is 47.1 Å². The first-order chi connectivity index (χ1) is 14.3. The zero-order chi connectivity index (χ0) is 21.5. The van der Waals surface area contributed by atoms with Crippen LogP contribution in [0.4, 0.5) is 0 Å². The molecule has 1 unspecified atom stereocenters. The molecule has 1 atom stereocenters. The standard InChI is InChI=1S/C20H24N4O4S2/c1-13(2)22-20(25)19-18(15-6-4-5-7-17(15)29-19)16-12-24(8-9-28-16)30(26,27)14-10-21-23(3)11-14/h4-7,10-11,13,16H,8-9,12H2,1-3H3,(H,22,25). The van der Waals surface area contributed by atoms with Crippen LogP contribution >= 0.6 is 11.3 Å². The summed E-state index contributed by atoms with van der Waals surface area (Å²) in [5.74, 6) is -0.169. The van der Waals surface area contributed by atoms with Crippen molar-refractivity contribution in [2.24, 2.45) is 7.05 Å². The number of benzene rings is 1. The number of hydrogen-bond donors (Lipinski definition) is 1. The largest absolute Gasteiger partial charge is 0.371 e. The highest BCUT2D eigenvalue weighted by atomic mass is 32.2. The predicted molar refractivity (Wildman–Crippen MR) is 115 cm³/mol. The van der Waals surface area contributed by atoms with Gasteiger partial charge in [-0.15, -0.1) is 11.3 Å². The second-order valence-corrected chi connectivity index (χ2v) is 10.5. The number of thiophene rings is 1. The number of aromatic nitrogens is 2. The number of nitrogens with one attached hydrogen (secondary N) is 1. The van der Waals surface area contributed by atoms with Crippen molar-refractivity contribution in [2.45, 2.75) is 30.9 Å². The second-order valence-electron chi connectivity index (χ2n) is 7.54. The van der Waals surface area contributed by atoms with Gasteiger partial charge in [0, 0.05) is 42.6 Å². The molecule has 0 bridgehead atoms. The minimum Gasteiger partial charge on any atom is -0.371 e. The minimum absolute atomic E-state index is 0.00899. The number of fused-ring (bicyclic) bond motifs is 1. The fourth-order valence-electron chi connectivity index (χ4n) is 3.58. The molecule has 4 rings (SSSR count). The van der Waals surface area contributed by atoms with E-state index in [2.05, 4.69) is 10.4 Å². The third kappa shape index (κ3) is 3.87. The summed E-state index contributed by atoms with van der Waals surface area (Å²) in [7, 11) is -2.02. The smallest absolute Gasteiger partial charge is 0.261 e. The Kier molecular flexibility index (Phi) is 5.67. The van der Waals surface area contributed by atoms with Crippen LogP contribution in [0.3, 0.4) is 0 Å². The maximum atomic E-state index is 13.1. The molecule has 160 valence electrons. The highest BCUT2D eigenvalue weighted by molar-refractivity contribution is 7.89. The third-order valence-electron chi connectivity index (χ3n) is 4.93. The fraction of sp³-hybridized carbons (Fsp3) is 0.400. The monoisotopic (exact) mass is 448 g/mol.